The van der Waals surface area contributed by atoms with Crippen LogP contribution in [0.2, 0.25) is 0 Å². The van der Waals surface area contributed by atoms with Crippen LogP contribution in [0.4, 0.5) is 0 Å². The molecule has 1 amide bonds. The van der Waals surface area contributed by atoms with Crippen LogP contribution < -0.4 is 10.9 Å². The Morgan fingerprint density at radius 2 is 1.69 bits per heavy atom. The molecule has 1 aromatic heterocycles. The number of aromatic nitrogens is 2. The number of carbonyl (C=O) groups excluding carboxylic acids is 1. The number of aryl methyl sites for hydroxylation is 1. The number of carbonyl (C=O) groups is 1. The zero-order chi connectivity index (χ0) is 20.2. The number of hydrogen-bond acceptors (Lipinski definition) is 4. The average molecular weight is 390 g/mol. The van der Waals surface area contributed by atoms with Crippen LogP contribution in [0.25, 0.3) is 10.8 Å². The smallest absolute Gasteiger partial charge is 0.275 e. The number of amides is 1. The summed E-state index contributed by atoms with van der Waals surface area (Å²) in [6.45, 7) is 4.66. The minimum absolute atomic E-state index is 0.0894. The normalized spacial score (nSPS) is 15.5. The second kappa shape index (κ2) is 8.57. The third-order valence-corrected chi connectivity index (χ3v) is 5.52. The number of rotatable bonds is 6. The van der Waals surface area contributed by atoms with Crippen LogP contribution in [0.3, 0.4) is 0 Å². The highest BCUT2D eigenvalue weighted by Gasteiger charge is 2.21. The van der Waals surface area contributed by atoms with Crippen LogP contribution in [0, 0.1) is 6.92 Å². The summed E-state index contributed by atoms with van der Waals surface area (Å²) in [5.74, 6) is -0.206. The molecule has 1 saturated heterocycles. The zero-order valence-corrected chi connectivity index (χ0v) is 16.7. The summed E-state index contributed by atoms with van der Waals surface area (Å²) < 4.78 is 1.27. The third-order valence-electron chi connectivity index (χ3n) is 5.52. The summed E-state index contributed by atoms with van der Waals surface area (Å²) >= 11 is 0. The molecule has 0 saturated carbocycles. The van der Waals surface area contributed by atoms with E-state index in [1.54, 1.807) is 6.07 Å². The van der Waals surface area contributed by atoms with Crippen molar-refractivity contribution in [2.75, 3.05) is 19.6 Å². The van der Waals surface area contributed by atoms with Gasteiger partial charge in [0, 0.05) is 11.9 Å². The van der Waals surface area contributed by atoms with Crippen molar-refractivity contribution in [3.8, 4) is 0 Å². The van der Waals surface area contributed by atoms with Crippen LogP contribution in [0.1, 0.15) is 30.1 Å². The quantitative estimate of drug-likeness (QED) is 0.703. The fourth-order valence-electron chi connectivity index (χ4n) is 4.03. The van der Waals surface area contributed by atoms with Crippen molar-refractivity contribution in [3.05, 3.63) is 76.2 Å². The molecule has 1 atom stereocenters. The molecule has 2 aromatic carbocycles. The van der Waals surface area contributed by atoms with Crippen molar-refractivity contribution in [1.82, 2.24) is 20.0 Å². The number of nitrogens with zero attached hydrogens (tertiary/aromatic N) is 3. The number of fused-ring (bicyclic) bond motifs is 1. The Hall–Kier alpha value is -2.99. The van der Waals surface area contributed by atoms with Crippen molar-refractivity contribution in [2.24, 2.45) is 0 Å². The van der Waals surface area contributed by atoms with Crippen molar-refractivity contribution in [1.29, 1.82) is 0 Å². The monoisotopic (exact) mass is 390 g/mol. The van der Waals surface area contributed by atoms with E-state index < -0.39 is 0 Å². The largest absolute Gasteiger partial charge is 0.346 e. The van der Waals surface area contributed by atoms with Gasteiger partial charge in [0.25, 0.3) is 5.56 Å². The molecule has 4 rings (SSSR count). The second-order valence-electron chi connectivity index (χ2n) is 7.63. The fourth-order valence-corrected chi connectivity index (χ4v) is 4.03. The second-order valence-corrected chi connectivity index (χ2v) is 7.63. The van der Waals surface area contributed by atoms with E-state index in [1.165, 1.54) is 17.5 Å². The molecule has 1 aliphatic rings. The maximum absolute atomic E-state index is 12.8. The minimum Gasteiger partial charge on any atom is -0.346 e. The molecule has 0 aliphatic carbocycles. The molecule has 6 nitrogen and oxygen atoms in total. The standard InChI is InChI=1S/C23H26N4O2/c1-17-19-11-5-6-12-20(19)23(29)27(25-17)16-22(28)24-21(15-26-13-7-8-14-26)18-9-3-2-4-10-18/h2-6,9-12,21H,7-8,13-16H2,1H3,(H,24,28). The van der Waals surface area contributed by atoms with Gasteiger partial charge in [0.1, 0.15) is 6.54 Å². The molecule has 1 N–H and O–H groups in total. The lowest BCUT2D eigenvalue weighted by atomic mass is 10.1. The van der Waals surface area contributed by atoms with Crippen LogP contribution in [-0.4, -0.2) is 40.2 Å². The van der Waals surface area contributed by atoms with Crippen molar-refractivity contribution < 1.29 is 4.79 Å². The first-order valence-electron chi connectivity index (χ1n) is 10.1. The molecular weight excluding hydrogens is 364 g/mol. The van der Waals surface area contributed by atoms with E-state index in [1.807, 2.05) is 55.5 Å². The summed E-state index contributed by atoms with van der Waals surface area (Å²) in [6.07, 6.45) is 2.40. The Bertz CT molecular complexity index is 1060. The van der Waals surface area contributed by atoms with Crippen molar-refractivity contribution >= 4 is 16.7 Å². The molecule has 6 heteroatoms. The summed E-state index contributed by atoms with van der Waals surface area (Å²) in [5, 5.41) is 8.89. The van der Waals surface area contributed by atoms with E-state index in [-0.39, 0.29) is 24.1 Å². The van der Waals surface area contributed by atoms with Gasteiger partial charge in [0.15, 0.2) is 0 Å². The van der Waals surface area contributed by atoms with E-state index in [9.17, 15) is 9.59 Å². The number of benzene rings is 2. The van der Waals surface area contributed by atoms with Gasteiger partial charge in [-0.25, -0.2) is 4.68 Å². The Morgan fingerprint density at radius 1 is 1.03 bits per heavy atom. The molecule has 3 aromatic rings. The number of likely N-dealkylation sites (tertiary alicyclic amines) is 1. The summed E-state index contributed by atoms with van der Waals surface area (Å²) in [4.78, 5) is 28.0. The molecule has 0 bridgehead atoms. The molecule has 1 unspecified atom stereocenters. The Morgan fingerprint density at radius 3 is 2.41 bits per heavy atom. The molecular formula is C23H26N4O2. The van der Waals surface area contributed by atoms with E-state index in [4.69, 9.17) is 0 Å². The molecule has 0 radical (unpaired) electrons. The number of nitrogens with one attached hydrogen (secondary N) is 1. The maximum Gasteiger partial charge on any atom is 0.275 e. The van der Waals surface area contributed by atoms with Gasteiger partial charge >= 0.3 is 0 Å². The molecule has 150 valence electrons. The van der Waals surface area contributed by atoms with E-state index in [0.29, 0.717) is 5.39 Å². The van der Waals surface area contributed by atoms with E-state index in [0.717, 1.165) is 36.3 Å². The van der Waals surface area contributed by atoms with Gasteiger partial charge in [-0.05, 0) is 44.5 Å². The molecule has 2 heterocycles. The lowest BCUT2D eigenvalue weighted by molar-refractivity contribution is -0.122. The lowest BCUT2D eigenvalue weighted by Gasteiger charge is -2.25. The van der Waals surface area contributed by atoms with Gasteiger partial charge in [0.05, 0.1) is 17.1 Å². The van der Waals surface area contributed by atoms with Gasteiger partial charge in [-0.15, -0.1) is 0 Å². The number of hydrogen-bond donors (Lipinski definition) is 1. The summed E-state index contributed by atoms with van der Waals surface area (Å²) in [6, 6.07) is 17.3. The highest BCUT2D eigenvalue weighted by atomic mass is 16.2. The van der Waals surface area contributed by atoms with Gasteiger partial charge in [-0.1, -0.05) is 48.5 Å². The average Bonchev–Trinajstić information content (AvgIpc) is 3.25. The Balaban J connectivity index is 1.54. The SMILES string of the molecule is Cc1nn(CC(=O)NC(CN2CCCC2)c2ccccc2)c(=O)c2ccccc12. The molecule has 1 aliphatic heterocycles. The van der Waals surface area contributed by atoms with Crippen LogP contribution in [-0.2, 0) is 11.3 Å². The lowest BCUT2D eigenvalue weighted by Crippen LogP contribution is -2.40. The van der Waals surface area contributed by atoms with E-state index in [2.05, 4.69) is 15.3 Å². The topological polar surface area (TPSA) is 67.2 Å². The zero-order valence-electron chi connectivity index (χ0n) is 16.7. The first-order valence-corrected chi connectivity index (χ1v) is 10.1. The van der Waals surface area contributed by atoms with Crippen LogP contribution >= 0.6 is 0 Å². The summed E-state index contributed by atoms with van der Waals surface area (Å²) in [5.41, 5.74) is 1.57. The molecule has 29 heavy (non-hydrogen) atoms. The van der Waals surface area contributed by atoms with Crippen LogP contribution in [0.15, 0.2) is 59.4 Å². The molecule has 0 spiro atoms. The first kappa shape index (κ1) is 19.3. The predicted octanol–water partition coefficient (Wildman–Crippen LogP) is 2.66. The fraction of sp³-hybridized carbons (Fsp3) is 0.348. The van der Waals surface area contributed by atoms with Gasteiger partial charge < -0.3 is 10.2 Å². The predicted molar refractivity (Wildman–Crippen MR) is 114 cm³/mol. The van der Waals surface area contributed by atoms with Crippen molar-refractivity contribution in [3.63, 3.8) is 0 Å². The van der Waals surface area contributed by atoms with Gasteiger partial charge in [0.2, 0.25) is 5.91 Å². The van der Waals surface area contributed by atoms with Crippen molar-refractivity contribution in [2.45, 2.75) is 32.4 Å². The highest BCUT2D eigenvalue weighted by Crippen LogP contribution is 2.18. The maximum atomic E-state index is 12.8. The van der Waals surface area contributed by atoms with E-state index >= 15 is 0 Å². The Labute approximate surface area is 170 Å². The third kappa shape index (κ3) is 4.38. The summed E-state index contributed by atoms with van der Waals surface area (Å²) in [7, 11) is 0. The minimum atomic E-state index is -0.239. The van der Waals surface area contributed by atoms with Gasteiger partial charge in [-0.2, -0.15) is 5.10 Å². The first-order chi connectivity index (χ1) is 14.1. The molecule has 1 fully saturated rings. The van der Waals surface area contributed by atoms with Gasteiger partial charge in [-0.3, -0.25) is 9.59 Å². The Kier molecular flexibility index (Phi) is 5.71. The highest BCUT2D eigenvalue weighted by molar-refractivity contribution is 5.83. The van der Waals surface area contributed by atoms with Crippen LogP contribution in [0.5, 0.6) is 0 Å².